The van der Waals surface area contributed by atoms with Crippen LogP contribution in [0, 0.1) is 0 Å². The lowest BCUT2D eigenvalue weighted by molar-refractivity contribution is 0.660. The van der Waals surface area contributed by atoms with Gasteiger partial charge in [0, 0.05) is 18.1 Å². The maximum absolute atomic E-state index is 4.63. The van der Waals surface area contributed by atoms with Crippen molar-refractivity contribution in [3.05, 3.63) is 54.5 Å². The number of hydrogen-bond acceptors (Lipinski definition) is 3. The molecular weight excluding hydrogens is 236 g/mol. The fraction of sp³-hybridized carbons (Fsp3) is 0.200. The van der Waals surface area contributed by atoms with E-state index in [1.54, 1.807) is 0 Å². The number of anilines is 1. The highest BCUT2D eigenvalue weighted by molar-refractivity contribution is 5.78. The number of rotatable bonds is 4. The topological polar surface area (TPSA) is 42.7 Å². The van der Waals surface area contributed by atoms with E-state index in [4.69, 9.17) is 0 Å². The third-order valence-electron chi connectivity index (χ3n) is 3.09. The summed E-state index contributed by atoms with van der Waals surface area (Å²) >= 11 is 0. The van der Waals surface area contributed by atoms with Crippen LogP contribution in [0.25, 0.3) is 10.9 Å². The van der Waals surface area contributed by atoms with E-state index < -0.39 is 0 Å². The van der Waals surface area contributed by atoms with Gasteiger partial charge in [0.2, 0.25) is 0 Å². The summed E-state index contributed by atoms with van der Waals surface area (Å²) in [4.78, 5) is 4.63. The predicted octanol–water partition coefficient (Wildman–Crippen LogP) is 3.06. The zero-order chi connectivity index (χ0) is 13.1. The predicted molar refractivity (Wildman–Crippen MR) is 77.0 cm³/mol. The maximum Gasteiger partial charge on any atom is 0.0729 e. The van der Waals surface area contributed by atoms with Crippen LogP contribution in [0.4, 0.5) is 5.69 Å². The lowest BCUT2D eigenvalue weighted by Gasteiger charge is -2.04. The minimum Gasteiger partial charge on any atom is -0.377 e. The lowest BCUT2D eigenvalue weighted by Crippen LogP contribution is -2.01. The first-order valence-corrected chi connectivity index (χ1v) is 6.46. The summed E-state index contributed by atoms with van der Waals surface area (Å²) in [5, 5.41) is 8.74. The van der Waals surface area contributed by atoms with E-state index in [1.807, 2.05) is 35.3 Å². The first-order chi connectivity index (χ1) is 9.35. The van der Waals surface area contributed by atoms with Gasteiger partial charge >= 0.3 is 0 Å². The summed E-state index contributed by atoms with van der Waals surface area (Å²) in [7, 11) is 0. The van der Waals surface area contributed by atoms with Crippen molar-refractivity contribution in [1.29, 1.82) is 0 Å². The van der Waals surface area contributed by atoms with Gasteiger partial charge in [-0.1, -0.05) is 24.3 Å². The van der Waals surface area contributed by atoms with Crippen molar-refractivity contribution in [3.63, 3.8) is 0 Å². The highest BCUT2D eigenvalue weighted by Crippen LogP contribution is 2.13. The van der Waals surface area contributed by atoms with Crippen LogP contribution in [-0.2, 0) is 13.1 Å². The van der Waals surface area contributed by atoms with Crippen molar-refractivity contribution >= 4 is 16.6 Å². The molecule has 19 heavy (non-hydrogen) atoms. The van der Waals surface area contributed by atoms with Crippen LogP contribution >= 0.6 is 0 Å². The maximum atomic E-state index is 4.63. The number of nitrogens with one attached hydrogen (secondary N) is 1. The summed E-state index contributed by atoms with van der Waals surface area (Å²) in [5.41, 5.74) is 3.09. The number of para-hydroxylation sites is 1. The highest BCUT2D eigenvalue weighted by atomic mass is 15.3. The molecule has 0 amide bonds. The molecular formula is C15H16N4. The normalized spacial score (nSPS) is 10.8. The molecule has 0 unspecified atom stereocenters. The molecule has 3 rings (SSSR count). The van der Waals surface area contributed by atoms with Crippen molar-refractivity contribution in [2.75, 3.05) is 5.32 Å². The van der Waals surface area contributed by atoms with Crippen molar-refractivity contribution in [2.45, 2.75) is 20.0 Å². The van der Waals surface area contributed by atoms with Gasteiger partial charge in [0.15, 0.2) is 0 Å². The molecule has 0 aliphatic heterocycles. The van der Waals surface area contributed by atoms with Crippen LogP contribution in [0.2, 0.25) is 0 Å². The zero-order valence-corrected chi connectivity index (χ0v) is 10.9. The smallest absolute Gasteiger partial charge is 0.0729 e. The van der Waals surface area contributed by atoms with Crippen molar-refractivity contribution in [2.24, 2.45) is 0 Å². The number of aryl methyl sites for hydroxylation is 1. The molecule has 0 radical (unpaired) electrons. The SMILES string of the molecule is CCn1cc(NCc2ccc3ccccc3n2)cn1. The number of fused-ring (bicyclic) bond motifs is 1. The molecule has 2 heterocycles. The fourth-order valence-electron chi connectivity index (χ4n) is 2.03. The van der Waals surface area contributed by atoms with E-state index in [-0.39, 0.29) is 0 Å². The van der Waals surface area contributed by atoms with E-state index in [0.717, 1.165) is 23.4 Å². The molecule has 96 valence electrons. The Labute approximate surface area is 112 Å². The standard InChI is InChI=1S/C15H16N4/c1-2-19-11-14(10-17-19)16-9-13-8-7-12-5-3-4-6-15(12)18-13/h3-8,10-11,16H,2,9H2,1H3. The molecule has 1 aromatic carbocycles. The van der Waals surface area contributed by atoms with Gasteiger partial charge in [-0.2, -0.15) is 5.10 Å². The van der Waals surface area contributed by atoms with E-state index in [9.17, 15) is 0 Å². The number of benzene rings is 1. The first-order valence-electron chi connectivity index (χ1n) is 6.46. The molecule has 0 atom stereocenters. The monoisotopic (exact) mass is 252 g/mol. The van der Waals surface area contributed by atoms with Gasteiger partial charge in [0.25, 0.3) is 0 Å². The fourth-order valence-corrected chi connectivity index (χ4v) is 2.03. The molecule has 0 saturated heterocycles. The molecule has 4 nitrogen and oxygen atoms in total. The van der Waals surface area contributed by atoms with Crippen LogP contribution in [-0.4, -0.2) is 14.8 Å². The Balaban J connectivity index is 1.74. The molecule has 0 saturated carbocycles. The summed E-state index contributed by atoms with van der Waals surface area (Å²) in [6.45, 7) is 3.66. The molecule has 1 N–H and O–H groups in total. The Bertz CT molecular complexity index is 687. The van der Waals surface area contributed by atoms with Gasteiger partial charge in [-0.05, 0) is 19.1 Å². The molecule has 3 aromatic rings. The molecule has 0 aliphatic carbocycles. The molecule has 0 bridgehead atoms. The summed E-state index contributed by atoms with van der Waals surface area (Å²) in [6.07, 6.45) is 3.84. The van der Waals surface area contributed by atoms with Gasteiger partial charge in [-0.3, -0.25) is 9.67 Å². The van der Waals surface area contributed by atoms with Crippen molar-refractivity contribution in [3.8, 4) is 0 Å². The molecule has 4 heteroatoms. The van der Waals surface area contributed by atoms with Crippen LogP contribution < -0.4 is 5.32 Å². The average Bonchev–Trinajstić information content (AvgIpc) is 2.93. The minimum atomic E-state index is 0.709. The van der Waals surface area contributed by atoms with Crippen molar-refractivity contribution in [1.82, 2.24) is 14.8 Å². The average molecular weight is 252 g/mol. The van der Waals surface area contributed by atoms with Crippen LogP contribution in [0.15, 0.2) is 48.8 Å². The largest absolute Gasteiger partial charge is 0.377 e. The second-order valence-electron chi connectivity index (χ2n) is 4.43. The van der Waals surface area contributed by atoms with Crippen LogP contribution in [0.1, 0.15) is 12.6 Å². The van der Waals surface area contributed by atoms with E-state index in [1.165, 1.54) is 5.39 Å². The summed E-state index contributed by atoms with van der Waals surface area (Å²) < 4.78 is 1.90. The zero-order valence-electron chi connectivity index (χ0n) is 10.9. The quantitative estimate of drug-likeness (QED) is 0.776. The third-order valence-corrected chi connectivity index (χ3v) is 3.09. The van der Waals surface area contributed by atoms with Gasteiger partial charge in [0.1, 0.15) is 0 Å². The first kappa shape index (κ1) is 11.7. The molecule has 0 spiro atoms. The van der Waals surface area contributed by atoms with E-state index in [2.05, 4.69) is 40.5 Å². The van der Waals surface area contributed by atoms with Crippen LogP contribution in [0.5, 0.6) is 0 Å². The number of pyridine rings is 1. The second-order valence-corrected chi connectivity index (χ2v) is 4.43. The van der Waals surface area contributed by atoms with Gasteiger partial charge in [0.05, 0.1) is 29.6 Å². The summed E-state index contributed by atoms with van der Waals surface area (Å²) in [5.74, 6) is 0. The highest BCUT2D eigenvalue weighted by Gasteiger charge is 2.00. The van der Waals surface area contributed by atoms with Crippen LogP contribution in [0.3, 0.4) is 0 Å². The Morgan fingerprint density at radius 1 is 1.16 bits per heavy atom. The number of nitrogens with zero attached hydrogens (tertiary/aromatic N) is 3. The third kappa shape index (κ3) is 2.57. The Kier molecular flexibility index (Phi) is 3.14. The minimum absolute atomic E-state index is 0.709. The van der Waals surface area contributed by atoms with Crippen molar-refractivity contribution < 1.29 is 0 Å². The number of aromatic nitrogens is 3. The van der Waals surface area contributed by atoms with E-state index >= 15 is 0 Å². The lowest BCUT2D eigenvalue weighted by atomic mass is 10.2. The van der Waals surface area contributed by atoms with Gasteiger partial charge < -0.3 is 5.32 Å². The second kappa shape index (κ2) is 5.10. The van der Waals surface area contributed by atoms with Gasteiger partial charge in [-0.15, -0.1) is 0 Å². The molecule has 0 fully saturated rings. The number of hydrogen-bond donors (Lipinski definition) is 1. The van der Waals surface area contributed by atoms with Gasteiger partial charge in [-0.25, -0.2) is 0 Å². The summed E-state index contributed by atoms with van der Waals surface area (Å²) in [6, 6.07) is 12.3. The Morgan fingerprint density at radius 2 is 2.05 bits per heavy atom. The molecule has 2 aromatic heterocycles. The Hall–Kier alpha value is -2.36. The Morgan fingerprint density at radius 3 is 2.89 bits per heavy atom. The van der Waals surface area contributed by atoms with E-state index in [0.29, 0.717) is 6.54 Å². The molecule has 0 aliphatic rings.